The number of sulfone groups is 1. The Balaban J connectivity index is 1.80. The fourth-order valence-corrected chi connectivity index (χ4v) is 4.80. The molecule has 10 heteroatoms. The van der Waals surface area contributed by atoms with Gasteiger partial charge in [0, 0.05) is 18.5 Å². The number of aromatic nitrogens is 2. The number of hydrogen-bond acceptors (Lipinski definition) is 4. The summed E-state index contributed by atoms with van der Waals surface area (Å²) in [5.74, 6) is -0.203. The summed E-state index contributed by atoms with van der Waals surface area (Å²) in [4.78, 5) is 16.4. The van der Waals surface area contributed by atoms with Gasteiger partial charge in [0.2, 0.25) is 5.91 Å². The smallest absolute Gasteiger partial charge is 0.366 e. The maximum atomic E-state index is 13.6. The van der Waals surface area contributed by atoms with E-state index in [0.29, 0.717) is 16.9 Å². The van der Waals surface area contributed by atoms with Gasteiger partial charge in [0.05, 0.1) is 27.2 Å². The lowest BCUT2D eigenvalue weighted by Gasteiger charge is -2.15. The number of amides is 1. The number of hydrogen-bond donors (Lipinski definition) is 1. The van der Waals surface area contributed by atoms with Crippen molar-refractivity contribution in [3.8, 4) is 0 Å². The fourth-order valence-electron chi connectivity index (χ4n) is 3.91. The minimum absolute atomic E-state index is 0.0248. The van der Waals surface area contributed by atoms with Gasteiger partial charge < -0.3 is 10.3 Å². The maximum Gasteiger partial charge on any atom is 0.416 e. The van der Waals surface area contributed by atoms with Gasteiger partial charge in [-0.3, -0.25) is 4.79 Å². The number of primary amides is 1. The van der Waals surface area contributed by atoms with Crippen LogP contribution in [0.1, 0.15) is 39.8 Å². The Morgan fingerprint density at radius 3 is 2.34 bits per heavy atom. The minimum atomic E-state index is -4.52. The minimum Gasteiger partial charge on any atom is -0.366 e. The number of nitrogens with zero attached hydrogens (tertiary/aromatic N) is 2. The van der Waals surface area contributed by atoms with Crippen molar-refractivity contribution in [3.63, 3.8) is 0 Å². The third-order valence-electron chi connectivity index (χ3n) is 5.79. The van der Waals surface area contributed by atoms with Crippen LogP contribution in [0.2, 0.25) is 0 Å². The first-order valence-electron chi connectivity index (χ1n) is 10.8. The van der Waals surface area contributed by atoms with Crippen LogP contribution in [0, 0.1) is 0 Å². The molecule has 0 aliphatic rings. The number of alkyl halides is 3. The van der Waals surface area contributed by atoms with E-state index in [-0.39, 0.29) is 34.7 Å². The van der Waals surface area contributed by atoms with Crippen molar-refractivity contribution in [2.75, 3.05) is 5.75 Å². The number of halogens is 3. The number of benzene rings is 3. The first-order valence-corrected chi connectivity index (χ1v) is 12.4. The molecule has 0 unspecified atom stereocenters. The average Bonchev–Trinajstić information content (AvgIpc) is 3.15. The van der Waals surface area contributed by atoms with Crippen molar-refractivity contribution in [2.24, 2.45) is 5.73 Å². The van der Waals surface area contributed by atoms with Crippen LogP contribution in [0.4, 0.5) is 13.2 Å². The van der Waals surface area contributed by atoms with Gasteiger partial charge in [-0.1, -0.05) is 37.3 Å². The lowest BCUT2D eigenvalue weighted by Crippen LogP contribution is -2.13. The molecule has 0 spiro atoms. The van der Waals surface area contributed by atoms with Gasteiger partial charge in [0.1, 0.15) is 5.82 Å². The van der Waals surface area contributed by atoms with Crippen LogP contribution in [0.15, 0.2) is 71.6 Å². The van der Waals surface area contributed by atoms with E-state index in [4.69, 9.17) is 5.73 Å². The molecule has 0 aliphatic carbocycles. The highest BCUT2D eigenvalue weighted by Crippen LogP contribution is 2.33. The molecule has 0 radical (unpaired) electrons. The number of carbonyl (C=O) groups is 1. The van der Waals surface area contributed by atoms with E-state index >= 15 is 0 Å². The highest BCUT2D eigenvalue weighted by atomic mass is 32.2. The summed E-state index contributed by atoms with van der Waals surface area (Å²) in [6.07, 6.45) is -4.28. The van der Waals surface area contributed by atoms with Gasteiger partial charge in [0.25, 0.3) is 0 Å². The lowest BCUT2D eigenvalue weighted by molar-refractivity contribution is -0.138. The molecule has 6 nitrogen and oxygen atoms in total. The third kappa shape index (κ3) is 5.07. The molecule has 4 aromatic rings. The van der Waals surface area contributed by atoms with Gasteiger partial charge in [0.15, 0.2) is 9.84 Å². The first-order chi connectivity index (χ1) is 16.5. The van der Waals surface area contributed by atoms with Crippen LogP contribution >= 0.6 is 0 Å². The second-order valence-electron chi connectivity index (χ2n) is 8.06. The second kappa shape index (κ2) is 9.18. The van der Waals surface area contributed by atoms with Crippen molar-refractivity contribution in [1.82, 2.24) is 9.55 Å². The molecular weight excluding hydrogens is 479 g/mol. The van der Waals surface area contributed by atoms with E-state index in [1.807, 2.05) is 0 Å². The Kier molecular flexibility index (Phi) is 6.42. The van der Waals surface area contributed by atoms with Crippen molar-refractivity contribution in [1.29, 1.82) is 0 Å². The monoisotopic (exact) mass is 501 g/mol. The number of imidazole rings is 1. The molecule has 3 aromatic carbocycles. The average molecular weight is 502 g/mol. The summed E-state index contributed by atoms with van der Waals surface area (Å²) in [6, 6.07) is 16.3. The maximum absolute atomic E-state index is 13.6. The van der Waals surface area contributed by atoms with Gasteiger partial charge >= 0.3 is 6.18 Å². The molecule has 1 heterocycles. The van der Waals surface area contributed by atoms with E-state index in [1.165, 1.54) is 36.4 Å². The normalized spacial score (nSPS) is 12.2. The SMILES string of the molecule is CCS(=O)(=O)c1ccc(Cc2nc3cc(C(N)=O)ccc3n2Cc2ccccc2C(F)(F)F)cc1. The van der Waals surface area contributed by atoms with Crippen LogP contribution in [0.25, 0.3) is 11.0 Å². The summed E-state index contributed by atoms with van der Waals surface area (Å²) in [5, 5.41) is 0. The van der Waals surface area contributed by atoms with Crippen molar-refractivity contribution in [2.45, 2.75) is 31.0 Å². The van der Waals surface area contributed by atoms with E-state index in [0.717, 1.165) is 11.6 Å². The third-order valence-corrected chi connectivity index (χ3v) is 7.54. The van der Waals surface area contributed by atoms with E-state index < -0.39 is 27.5 Å². The molecule has 0 bridgehead atoms. The van der Waals surface area contributed by atoms with Crippen molar-refractivity contribution < 1.29 is 26.4 Å². The standard InChI is InChI=1S/C25H22F3N3O3S/c1-2-35(33,34)19-10-7-16(8-11-19)13-23-30-21-14-17(24(29)32)9-12-22(21)31(23)15-18-5-3-4-6-20(18)25(26,27)28/h3-12,14H,2,13,15H2,1H3,(H2,29,32). The fraction of sp³-hybridized carbons (Fsp3) is 0.200. The molecule has 182 valence electrons. The Hall–Kier alpha value is -3.66. The zero-order valence-corrected chi connectivity index (χ0v) is 19.5. The van der Waals surface area contributed by atoms with Crippen molar-refractivity contribution >= 4 is 26.8 Å². The summed E-state index contributed by atoms with van der Waals surface area (Å²) in [5.41, 5.74) is 6.65. The molecule has 4 rings (SSSR count). The van der Waals surface area contributed by atoms with E-state index in [9.17, 15) is 26.4 Å². The Morgan fingerprint density at radius 1 is 1.03 bits per heavy atom. The van der Waals surface area contributed by atoms with Gasteiger partial charge in [-0.15, -0.1) is 0 Å². The zero-order valence-electron chi connectivity index (χ0n) is 18.7. The van der Waals surface area contributed by atoms with Crippen LogP contribution in [-0.4, -0.2) is 29.6 Å². The number of fused-ring (bicyclic) bond motifs is 1. The Morgan fingerprint density at radius 2 is 1.71 bits per heavy atom. The molecule has 1 aromatic heterocycles. The van der Waals surface area contributed by atoms with E-state index in [1.54, 1.807) is 35.8 Å². The Labute approximate surface area is 200 Å². The quantitative estimate of drug-likeness (QED) is 0.401. The molecule has 0 saturated carbocycles. The highest BCUT2D eigenvalue weighted by molar-refractivity contribution is 7.91. The van der Waals surface area contributed by atoms with Crippen molar-refractivity contribution in [3.05, 3.63) is 94.8 Å². The molecule has 35 heavy (non-hydrogen) atoms. The largest absolute Gasteiger partial charge is 0.416 e. The van der Waals surface area contributed by atoms with Gasteiger partial charge in [-0.25, -0.2) is 13.4 Å². The predicted molar refractivity (Wildman–Crippen MR) is 126 cm³/mol. The van der Waals surface area contributed by atoms with Crippen LogP contribution in [-0.2, 0) is 29.0 Å². The molecule has 2 N–H and O–H groups in total. The predicted octanol–water partition coefficient (Wildman–Crippen LogP) is 4.59. The number of nitrogens with two attached hydrogens (primary N) is 1. The molecule has 0 fully saturated rings. The van der Waals surface area contributed by atoms with Crippen LogP contribution in [0.5, 0.6) is 0 Å². The molecule has 0 atom stereocenters. The molecular formula is C25H22F3N3O3S. The highest BCUT2D eigenvalue weighted by Gasteiger charge is 2.33. The number of rotatable bonds is 7. The number of carbonyl (C=O) groups excluding carboxylic acids is 1. The summed E-state index contributed by atoms with van der Waals surface area (Å²) in [7, 11) is -3.36. The first kappa shape index (κ1) is 24.5. The van der Waals surface area contributed by atoms with Crippen LogP contribution in [0.3, 0.4) is 0 Å². The molecule has 1 amide bonds. The second-order valence-corrected chi connectivity index (χ2v) is 10.3. The van der Waals surface area contributed by atoms with E-state index in [2.05, 4.69) is 4.98 Å². The van der Waals surface area contributed by atoms with Gasteiger partial charge in [-0.2, -0.15) is 13.2 Å². The lowest BCUT2D eigenvalue weighted by atomic mass is 10.1. The summed E-state index contributed by atoms with van der Waals surface area (Å²) < 4.78 is 66.7. The summed E-state index contributed by atoms with van der Waals surface area (Å²) in [6.45, 7) is 1.46. The van der Waals surface area contributed by atoms with Crippen LogP contribution < -0.4 is 5.73 Å². The zero-order chi connectivity index (χ0) is 25.4. The molecule has 0 saturated heterocycles. The Bertz CT molecular complexity index is 1510. The molecule has 0 aliphatic heterocycles. The van der Waals surface area contributed by atoms with Gasteiger partial charge in [-0.05, 0) is 47.5 Å². The topological polar surface area (TPSA) is 95.1 Å². The summed E-state index contributed by atoms with van der Waals surface area (Å²) >= 11 is 0.